The molecule has 2 aromatic rings. The smallest absolute Gasteiger partial charge is 0.226 e. The number of carbonyl (C=O) groups is 1. The van der Waals surface area contributed by atoms with Gasteiger partial charge in [-0.2, -0.15) is 0 Å². The van der Waals surface area contributed by atoms with Gasteiger partial charge in [-0.3, -0.25) is 4.79 Å². The zero-order valence-corrected chi connectivity index (χ0v) is 14.8. The molecule has 1 aliphatic rings. The number of nitrogens with zero attached hydrogens (tertiary/aromatic N) is 1. The maximum Gasteiger partial charge on any atom is 0.226 e. The van der Waals surface area contributed by atoms with Gasteiger partial charge < -0.3 is 9.64 Å². The lowest BCUT2D eigenvalue weighted by molar-refractivity contribution is -0.131. The second-order valence-corrected chi connectivity index (χ2v) is 6.75. The Balaban J connectivity index is 1.50. The summed E-state index contributed by atoms with van der Waals surface area (Å²) in [6, 6.07) is 15.7. The lowest BCUT2D eigenvalue weighted by Crippen LogP contribution is -2.32. The molecule has 0 heterocycles. The van der Waals surface area contributed by atoms with E-state index in [2.05, 4.69) is 0 Å². The second-order valence-electron chi connectivity index (χ2n) is 6.34. The van der Waals surface area contributed by atoms with Crippen LogP contribution in [0.2, 0.25) is 5.02 Å². The lowest BCUT2D eigenvalue weighted by atomic mass is 10.1. The van der Waals surface area contributed by atoms with E-state index in [0.29, 0.717) is 13.2 Å². The fourth-order valence-electron chi connectivity index (χ4n) is 2.99. The number of rotatable bonds is 6. The van der Waals surface area contributed by atoms with E-state index in [9.17, 15) is 4.79 Å². The van der Waals surface area contributed by atoms with E-state index in [0.717, 1.165) is 28.3 Å². The minimum atomic E-state index is 0.0494. The third-order valence-corrected chi connectivity index (χ3v) is 4.91. The predicted molar refractivity (Wildman–Crippen MR) is 96.6 cm³/mol. The molecule has 1 amide bonds. The molecule has 2 unspecified atom stereocenters. The Morgan fingerprint density at radius 2 is 1.92 bits per heavy atom. The van der Waals surface area contributed by atoms with Crippen molar-refractivity contribution in [1.82, 2.24) is 4.90 Å². The molecule has 0 radical (unpaired) electrons. The van der Waals surface area contributed by atoms with Gasteiger partial charge in [0.25, 0.3) is 0 Å². The highest BCUT2D eigenvalue weighted by Crippen LogP contribution is 2.50. The number of likely N-dealkylation sites (N-methyl/N-ethyl adjacent to an activating group) is 1. The number of hydrogen-bond donors (Lipinski definition) is 0. The van der Waals surface area contributed by atoms with E-state index in [1.54, 1.807) is 4.90 Å². The minimum Gasteiger partial charge on any atom is -0.491 e. The van der Waals surface area contributed by atoms with Gasteiger partial charge in [-0.15, -0.1) is 0 Å². The highest BCUT2D eigenvalue weighted by Gasteiger charge is 2.45. The van der Waals surface area contributed by atoms with Crippen LogP contribution in [0.25, 0.3) is 0 Å². The maximum atomic E-state index is 12.5. The van der Waals surface area contributed by atoms with Crippen LogP contribution in [0.3, 0.4) is 0 Å². The van der Waals surface area contributed by atoms with Crippen molar-refractivity contribution in [1.29, 1.82) is 0 Å². The van der Waals surface area contributed by atoms with Crippen LogP contribution in [-0.4, -0.2) is 31.0 Å². The number of benzene rings is 2. The average molecular weight is 344 g/mol. The molecule has 1 fully saturated rings. The van der Waals surface area contributed by atoms with Crippen LogP contribution >= 0.6 is 11.6 Å². The van der Waals surface area contributed by atoms with Gasteiger partial charge in [0.05, 0.1) is 6.54 Å². The molecule has 0 aromatic heterocycles. The minimum absolute atomic E-state index is 0.0494. The molecule has 2 aromatic carbocycles. The first kappa shape index (κ1) is 16.8. The van der Waals surface area contributed by atoms with Crippen molar-refractivity contribution >= 4 is 17.5 Å². The van der Waals surface area contributed by atoms with Gasteiger partial charge in [-0.25, -0.2) is 0 Å². The first-order valence-electron chi connectivity index (χ1n) is 8.25. The van der Waals surface area contributed by atoms with Crippen LogP contribution in [0.5, 0.6) is 5.75 Å². The molecule has 3 rings (SSSR count). The molecule has 0 saturated heterocycles. The van der Waals surface area contributed by atoms with Crippen LogP contribution in [0.1, 0.15) is 23.5 Å². The predicted octanol–water partition coefficient (Wildman–Crippen LogP) is 4.29. The standard InChI is InChI=1S/C20H22ClNO2/c1-14-7-3-6-10-19(14)24-12-11-22(2)20(23)17-13-16(17)15-8-4-5-9-18(15)21/h3-10,16-17H,11-13H2,1-2H3. The largest absolute Gasteiger partial charge is 0.491 e. The van der Waals surface area contributed by atoms with E-state index in [-0.39, 0.29) is 17.7 Å². The van der Waals surface area contributed by atoms with Crippen molar-refractivity contribution < 1.29 is 9.53 Å². The molecule has 0 aliphatic heterocycles. The molecule has 0 spiro atoms. The van der Waals surface area contributed by atoms with Crippen LogP contribution in [0, 0.1) is 12.8 Å². The fraction of sp³-hybridized carbons (Fsp3) is 0.350. The Morgan fingerprint density at radius 1 is 1.21 bits per heavy atom. The van der Waals surface area contributed by atoms with Gasteiger partial charge in [-0.1, -0.05) is 48.0 Å². The molecule has 2 atom stereocenters. The molecule has 24 heavy (non-hydrogen) atoms. The molecule has 1 saturated carbocycles. The van der Waals surface area contributed by atoms with Crippen LogP contribution in [0.4, 0.5) is 0 Å². The van der Waals surface area contributed by atoms with Gasteiger partial charge in [0.15, 0.2) is 0 Å². The second kappa shape index (κ2) is 7.27. The Bertz CT molecular complexity index is 731. The van der Waals surface area contributed by atoms with Crippen LogP contribution in [0.15, 0.2) is 48.5 Å². The first-order valence-corrected chi connectivity index (χ1v) is 8.63. The van der Waals surface area contributed by atoms with Crippen molar-refractivity contribution in [2.75, 3.05) is 20.2 Å². The van der Waals surface area contributed by atoms with Gasteiger partial charge in [0.2, 0.25) is 5.91 Å². The zero-order valence-electron chi connectivity index (χ0n) is 14.0. The molecular weight excluding hydrogens is 322 g/mol. The van der Waals surface area contributed by atoms with Crippen LogP contribution < -0.4 is 4.74 Å². The number of halogens is 1. The SMILES string of the molecule is Cc1ccccc1OCCN(C)C(=O)C1CC1c1ccccc1Cl. The van der Waals surface area contributed by atoms with Crippen molar-refractivity contribution in [2.45, 2.75) is 19.3 Å². The van der Waals surface area contributed by atoms with Gasteiger partial charge in [-0.05, 0) is 42.5 Å². The number of para-hydroxylation sites is 1. The molecule has 4 heteroatoms. The number of hydrogen-bond acceptors (Lipinski definition) is 2. The van der Waals surface area contributed by atoms with Crippen molar-refractivity contribution in [3.63, 3.8) is 0 Å². The number of carbonyl (C=O) groups excluding carboxylic acids is 1. The summed E-state index contributed by atoms with van der Waals surface area (Å²) in [6.45, 7) is 3.10. The van der Waals surface area contributed by atoms with E-state index in [1.807, 2.05) is 62.5 Å². The summed E-state index contributed by atoms with van der Waals surface area (Å²) >= 11 is 6.23. The quantitative estimate of drug-likeness (QED) is 0.783. The monoisotopic (exact) mass is 343 g/mol. The third kappa shape index (κ3) is 3.73. The summed E-state index contributed by atoms with van der Waals surface area (Å²) in [5.41, 5.74) is 2.19. The summed E-state index contributed by atoms with van der Waals surface area (Å²) < 4.78 is 5.77. The van der Waals surface area contributed by atoms with E-state index >= 15 is 0 Å². The Hall–Kier alpha value is -2.00. The first-order chi connectivity index (χ1) is 11.6. The topological polar surface area (TPSA) is 29.5 Å². The number of aryl methyl sites for hydroxylation is 1. The summed E-state index contributed by atoms with van der Waals surface area (Å²) in [4.78, 5) is 14.3. The normalized spacial score (nSPS) is 19.0. The van der Waals surface area contributed by atoms with E-state index in [4.69, 9.17) is 16.3 Å². The molecule has 0 bridgehead atoms. The fourth-order valence-corrected chi connectivity index (χ4v) is 3.27. The Morgan fingerprint density at radius 3 is 2.67 bits per heavy atom. The van der Waals surface area contributed by atoms with Crippen molar-refractivity contribution in [2.24, 2.45) is 5.92 Å². The summed E-state index contributed by atoms with van der Waals surface area (Å²) in [6.07, 6.45) is 0.881. The zero-order chi connectivity index (χ0) is 17.1. The molecule has 1 aliphatic carbocycles. The summed E-state index contributed by atoms with van der Waals surface area (Å²) in [5.74, 6) is 1.35. The molecule has 3 nitrogen and oxygen atoms in total. The van der Waals surface area contributed by atoms with E-state index < -0.39 is 0 Å². The van der Waals surface area contributed by atoms with Crippen LogP contribution in [-0.2, 0) is 4.79 Å². The lowest BCUT2D eigenvalue weighted by Gasteiger charge is -2.18. The molecular formula is C20H22ClNO2. The average Bonchev–Trinajstić information content (AvgIpc) is 3.36. The Labute approximate surface area is 148 Å². The Kier molecular flexibility index (Phi) is 5.10. The number of amides is 1. The van der Waals surface area contributed by atoms with E-state index in [1.165, 1.54) is 0 Å². The van der Waals surface area contributed by atoms with Crippen molar-refractivity contribution in [3.8, 4) is 5.75 Å². The molecule has 126 valence electrons. The van der Waals surface area contributed by atoms with Gasteiger partial charge in [0, 0.05) is 18.0 Å². The van der Waals surface area contributed by atoms with Gasteiger partial charge >= 0.3 is 0 Å². The van der Waals surface area contributed by atoms with Gasteiger partial charge in [0.1, 0.15) is 12.4 Å². The highest BCUT2D eigenvalue weighted by molar-refractivity contribution is 6.31. The summed E-state index contributed by atoms with van der Waals surface area (Å²) in [7, 11) is 1.84. The highest BCUT2D eigenvalue weighted by atomic mass is 35.5. The van der Waals surface area contributed by atoms with Crippen molar-refractivity contribution in [3.05, 3.63) is 64.7 Å². The maximum absolute atomic E-state index is 12.5. The summed E-state index contributed by atoms with van der Waals surface area (Å²) in [5, 5.41) is 0.753. The number of ether oxygens (including phenoxy) is 1. The molecule has 0 N–H and O–H groups in total. The third-order valence-electron chi connectivity index (χ3n) is 4.57.